The minimum Gasteiger partial charge on any atom is -0.505 e. The third kappa shape index (κ3) is 3.14. The zero-order valence-corrected chi connectivity index (χ0v) is 12.1. The number of anilines is 1. The molecule has 19 heavy (non-hydrogen) atoms. The molecule has 4 nitrogen and oxygen atoms in total. The number of phenolic OH excluding ortho intramolecular Hbond substituents is 1. The predicted molar refractivity (Wildman–Crippen MR) is 77.0 cm³/mol. The highest BCUT2D eigenvalue weighted by Crippen LogP contribution is 2.35. The van der Waals surface area contributed by atoms with Crippen LogP contribution in [0, 0.1) is 0 Å². The average molecular weight is 303 g/mol. The van der Waals surface area contributed by atoms with Gasteiger partial charge in [-0.05, 0) is 44.9 Å². The van der Waals surface area contributed by atoms with Crippen LogP contribution in [0.2, 0.25) is 10.0 Å². The van der Waals surface area contributed by atoms with Gasteiger partial charge in [-0.3, -0.25) is 4.79 Å². The number of carbonyl (C=O) groups is 1. The van der Waals surface area contributed by atoms with Crippen LogP contribution in [0.4, 0.5) is 5.69 Å². The summed E-state index contributed by atoms with van der Waals surface area (Å²) in [6.45, 7) is 2.71. The summed E-state index contributed by atoms with van der Waals surface area (Å²) in [7, 11) is 0. The fourth-order valence-electron chi connectivity index (χ4n) is 2.16. The number of carbonyl (C=O) groups excluding carboxylic acids is 1. The van der Waals surface area contributed by atoms with E-state index in [1.807, 2.05) is 6.92 Å². The van der Waals surface area contributed by atoms with E-state index < -0.39 is 5.54 Å². The summed E-state index contributed by atoms with van der Waals surface area (Å²) in [5.74, 6) is -0.298. The van der Waals surface area contributed by atoms with E-state index in [9.17, 15) is 9.90 Å². The van der Waals surface area contributed by atoms with Gasteiger partial charge in [-0.25, -0.2) is 0 Å². The van der Waals surface area contributed by atoms with Crippen molar-refractivity contribution in [2.24, 2.45) is 0 Å². The predicted octanol–water partition coefficient (Wildman–Crippen LogP) is 3.17. The Morgan fingerprint density at radius 1 is 1.37 bits per heavy atom. The number of halogens is 2. The minimum absolute atomic E-state index is 0.115. The van der Waals surface area contributed by atoms with Crippen LogP contribution in [0.3, 0.4) is 0 Å². The molecule has 0 saturated carbocycles. The minimum atomic E-state index is -0.574. The second kappa shape index (κ2) is 5.57. The van der Waals surface area contributed by atoms with E-state index in [0.717, 1.165) is 25.8 Å². The lowest BCUT2D eigenvalue weighted by Gasteiger charge is -2.33. The Bertz CT molecular complexity index is 476. The fourth-order valence-corrected chi connectivity index (χ4v) is 2.64. The number of benzene rings is 1. The first-order valence-corrected chi connectivity index (χ1v) is 6.92. The quantitative estimate of drug-likeness (QED) is 0.735. The molecule has 1 heterocycles. The van der Waals surface area contributed by atoms with Gasteiger partial charge in [0.05, 0.1) is 15.6 Å². The summed E-state index contributed by atoms with van der Waals surface area (Å²) in [4.78, 5) is 12.3. The van der Waals surface area contributed by atoms with E-state index in [2.05, 4.69) is 10.6 Å². The van der Waals surface area contributed by atoms with Gasteiger partial charge in [-0.1, -0.05) is 23.2 Å². The maximum atomic E-state index is 12.3. The van der Waals surface area contributed by atoms with Crippen molar-refractivity contribution in [1.29, 1.82) is 0 Å². The number of rotatable bonds is 2. The molecule has 0 spiro atoms. The zero-order chi connectivity index (χ0) is 14.0. The smallest absolute Gasteiger partial charge is 0.244 e. The van der Waals surface area contributed by atoms with Crippen molar-refractivity contribution in [2.45, 2.75) is 31.7 Å². The first-order valence-electron chi connectivity index (χ1n) is 6.17. The molecule has 0 radical (unpaired) electrons. The number of piperidine rings is 1. The molecule has 1 aromatic carbocycles. The van der Waals surface area contributed by atoms with Crippen molar-refractivity contribution in [2.75, 3.05) is 11.9 Å². The van der Waals surface area contributed by atoms with Gasteiger partial charge in [-0.15, -0.1) is 0 Å². The van der Waals surface area contributed by atoms with Gasteiger partial charge in [0, 0.05) is 5.69 Å². The summed E-state index contributed by atoms with van der Waals surface area (Å²) in [5, 5.41) is 15.7. The van der Waals surface area contributed by atoms with Crippen LogP contribution in [0.15, 0.2) is 12.1 Å². The van der Waals surface area contributed by atoms with Crippen LogP contribution in [-0.4, -0.2) is 23.1 Å². The van der Waals surface area contributed by atoms with Gasteiger partial charge in [0.2, 0.25) is 5.91 Å². The molecule has 1 saturated heterocycles. The van der Waals surface area contributed by atoms with Crippen LogP contribution in [0.5, 0.6) is 5.75 Å². The van der Waals surface area contributed by atoms with Crippen molar-refractivity contribution in [1.82, 2.24) is 5.32 Å². The normalized spacial score (nSPS) is 23.1. The number of aromatic hydroxyl groups is 1. The third-order valence-corrected chi connectivity index (χ3v) is 3.97. The lowest BCUT2D eigenvalue weighted by Crippen LogP contribution is -2.54. The average Bonchev–Trinajstić information content (AvgIpc) is 2.36. The highest BCUT2D eigenvalue weighted by molar-refractivity contribution is 6.37. The number of hydrogen-bond acceptors (Lipinski definition) is 3. The highest BCUT2D eigenvalue weighted by Gasteiger charge is 2.34. The number of hydrogen-bond donors (Lipinski definition) is 3. The van der Waals surface area contributed by atoms with Crippen LogP contribution in [0.25, 0.3) is 0 Å². The van der Waals surface area contributed by atoms with Crippen molar-refractivity contribution >= 4 is 34.8 Å². The molecule has 1 fully saturated rings. The Labute approximate surface area is 122 Å². The van der Waals surface area contributed by atoms with Crippen LogP contribution in [-0.2, 0) is 4.79 Å². The van der Waals surface area contributed by atoms with Gasteiger partial charge in [-0.2, -0.15) is 0 Å². The van der Waals surface area contributed by atoms with E-state index >= 15 is 0 Å². The van der Waals surface area contributed by atoms with E-state index in [0.29, 0.717) is 5.69 Å². The first-order chi connectivity index (χ1) is 8.92. The molecule has 1 unspecified atom stereocenters. The number of nitrogens with one attached hydrogen (secondary N) is 2. The largest absolute Gasteiger partial charge is 0.505 e. The Kier molecular flexibility index (Phi) is 4.23. The van der Waals surface area contributed by atoms with E-state index in [-0.39, 0.29) is 21.7 Å². The molecule has 1 aliphatic heterocycles. The Balaban J connectivity index is 2.14. The van der Waals surface area contributed by atoms with Crippen LogP contribution < -0.4 is 10.6 Å². The molecule has 0 aliphatic carbocycles. The molecule has 6 heteroatoms. The summed E-state index contributed by atoms with van der Waals surface area (Å²) < 4.78 is 0. The molecular weight excluding hydrogens is 287 g/mol. The topological polar surface area (TPSA) is 61.4 Å². The van der Waals surface area contributed by atoms with Crippen LogP contribution >= 0.6 is 23.2 Å². The number of amides is 1. The lowest BCUT2D eigenvalue weighted by molar-refractivity contribution is -0.122. The molecule has 1 aliphatic rings. The molecule has 3 N–H and O–H groups in total. The van der Waals surface area contributed by atoms with E-state index in [1.54, 1.807) is 0 Å². The molecule has 1 amide bonds. The summed E-state index contributed by atoms with van der Waals surface area (Å²) >= 11 is 11.6. The van der Waals surface area contributed by atoms with E-state index in [4.69, 9.17) is 23.2 Å². The highest BCUT2D eigenvalue weighted by atomic mass is 35.5. The molecule has 2 rings (SSSR count). The summed E-state index contributed by atoms with van der Waals surface area (Å²) in [5.41, 5.74) is -0.0962. The monoisotopic (exact) mass is 302 g/mol. The molecule has 104 valence electrons. The number of phenols is 1. The van der Waals surface area contributed by atoms with Crippen LogP contribution in [0.1, 0.15) is 26.2 Å². The fraction of sp³-hybridized carbons (Fsp3) is 0.462. The molecule has 1 aromatic rings. The van der Waals surface area contributed by atoms with Crippen molar-refractivity contribution in [3.63, 3.8) is 0 Å². The van der Waals surface area contributed by atoms with Gasteiger partial charge in [0.1, 0.15) is 0 Å². The Hall–Kier alpha value is -0.970. The van der Waals surface area contributed by atoms with Gasteiger partial charge < -0.3 is 15.7 Å². The molecule has 0 bridgehead atoms. The summed E-state index contributed by atoms with van der Waals surface area (Å²) in [6, 6.07) is 2.96. The zero-order valence-electron chi connectivity index (χ0n) is 10.6. The SMILES string of the molecule is CC1(C(=O)Nc2cc(Cl)c(O)c(Cl)c2)CCCCN1. The molecule has 1 atom stereocenters. The maximum Gasteiger partial charge on any atom is 0.244 e. The standard InChI is InChI=1S/C13H16Cl2N2O2/c1-13(4-2-3-5-16-13)12(19)17-8-6-9(14)11(18)10(15)7-8/h6-7,16,18H,2-5H2,1H3,(H,17,19). The van der Waals surface area contributed by atoms with Gasteiger partial charge >= 0.3 is 0 Å². The van der Waals surface area contributed by atoms with Gasteiger partial charge in [0.25, 0.3) is 0 Å². The van der Waals surface area contributed by atoms with Crippen molar-refractivity contribution < 1.29 is 9.90 Å². The second-order valence-electron chi connectivity index (χ2n) is 4.96. The summed E-state index contributed by atoms with van der Waals surface area (Å²) in [6.07, 6.45) is 2.89. The molecule has 0 aromatic heterocycles. The maximum absolute atomic E-state index is 12.3. The second-order valence-corrected chi connectivity index (χ2v) is 5.77. The van der Waals surface area contributed by atoms with Gasteiger partial charge in [0.15, 0.2) is 5.75 Å². The first kappa shape index (κ1) is 14.4. The Morgan fingerprint density at radius 3 is 2.53 bits per heavy atom. The molecular formula is C13H16Cl2N2O2. The van der Waals surface area contributed by atoms with Crippen molar-refractivity contribution in [3.05, 3.63) is 22.2 Å². The Morgan fingerprint density at radius 2 is 2.00 bits per heavy atom. The van der Waals surface area contributed by atoms with E-state index in [1.165, 1.54) is 12.1 Å². The third-order valence-electron chi connectivity index (χ3n) is 3.39. The van der Waals surface area contributed by atoms with Crippen molar-refractivity contribution in [3.8, 4) is 5.75 Å². The lowest BCUT2D eigenvalue weighted by atomic mass is 9.90.